The Morgan fingerprint density at radius 1 is 1.35 bits per heavy atom. The smallest absolute Gasteiger partial charge is 0.185 e. The molecule has 2 aromatic rings. The fourth-order valence-corrected chi connectivity index (χ4v) is 3.09. The molecule has 20 heavy (non-hydrogen) atoms. The van der Waals surface area contributed by atoms with E-state index in [9.17, 15) is 0 Å². The number of thiazole rings is 1. The summed E-state index contributed by atoms with van der Waals surface area (Å²) in [4.78, 5) is 12.2. The van der Waals surface area contributed by atoms with Gasteiger partial charge in [-0.05, 0) is 30.0 Å². The molecule has 108 valence electrons. The molecule has 0 amide bonds. The standard InChI is InChI=1S/C15H22N4S/c1-4-11(2)14-13(9-16)20-15(18-14)19(3)10-12-5-7-17-8-6-12/h5-8,11H,4,9-10,16H2,1-3H3. The van der Waals surface area contributed by atoms with Crippen molar-refractivity contribution in [3.05, 3.63) is 40.7 Å². The molecule has 0 aliphatic heterocycles. The van der Waals surface area contributed by atoms with Crippen molar-refractivity contribution in [1.82, 2.24) is 9.97 Å². The molecule has 5 heteroatoms. The number of aromatic nitrogens is 2. The lowest BCUT2D eigenvalue weighted by molar-refractivity contribution is 0.702. The van der Waals surface area contributed by atoms with Crippen LogP contribution in [-0.4, -0.2) is 17.0 Å². The van der Waals surface area contributed by atoms with Crippen molar-refractivity contribution in [2.45, 2.75) is 39.3 Å². The second kappa shape index (κ2) is 6.81. The van der Waals surface area contributed by atoms with E-state index in [0.717, 1.165) is 23.8 Å². The zero-order chi connectivity index (χ0) is 14.5. The van der Waals surface area contributed by atoms with Gasteiger partial charge in [-0.25, -0.2) is 4.98 Å². The monoisotopic (exact) mass is 290 g/mol. The summed E-state index contributed by atoms with van der Waals surface area (Å²) in [5.74, 6) is 0.466. The van der Waals surface area contributed by atoms with E-state index in [1.807, 2.05) is 24.5 Å². The molecule has 0 aliphatic rings. The van der Waals surface area contributed by atoms with Gasteiger partial charge in [0.1, 0.15) is 0 Å². The van der Waals surface area contributed by atoms with Crippen molar-refractivity contribution in [2.24, 2.45) is 5.73 Å². The minimum absolute atomic E-state index is 0.466. The highest BCUT2D eigenvalue weighted by Gasteiger charge is 2.17. The number of hydrogen-bond donors (Lipinski definition) is 1. The fraction of sp³-hybridized carbons (Fsp3) is 0.467. The molecule has 2 rings (SSSR count). The van der Waals surface area contributed by atoms with Crippen molar-refractivity contribution in [3.8, 4) is 0 Å². The van der Waals surface area contributed by atoms with E-state index in [1.165, 1.54) is 10.4 Å². The maximum Gasteiger partial charge on any atom is 0.185 e. The van der Waals surface area contributed by atoms with Gasteiger partial charge in [0, 0.05) is 37.4 Å². The Morgan fingerprint density at radius 3 is 2.65 bits per heavy atom. The molecule has 2 aromatic heterocycles. The molecule has 0 bridgehead atoms. The highest BCUT2D eigenvalue weighted by atomic mass is 32.1. The van der Waals surface area contributed by atoms with Crippen LogP contribution in [0.25, 0.3) is 0 Å². The minimum atomic E-state index is 0.466. The highest BCUT2D eigenvalue weighted by Crippen LogP contribution is 2.31. The van der Waals surface area contributed by atoms with Crippen molar-refractivity contribution in [2.75, 3.05) is 11.9 Å². The summed E-state index contributed by atoms with van der Waals surface area (Å²) in [7, 11) is 2.07. The largest absolute Gasteiger partial charge is 0.347 e. The second-order valence-corrected chi connectivity index (χ2v) is 6.09. The molecule has 0 saturated heterocycles. The van der Waals surface area contributed by atoms with Crippen molar-refractivity contribution < 1.29 is 0 Å². The van der Waals surface area contributed by atoms with Crippen LogP contribution in [0.2, 0.25) is 0 Å². The van der Waals surface area contributed by atoms with Crippen LogP contribution in [0.4, 0.5) is 5.13 Å². The molecule has 1 unspecified atom stereocenters. The van der Waals surface area contributed by atoms with Crippen LogP contribution in [-0.2, 0) is 13.1 Å². The first kappa shape index (κ1) is 14.9. The van der Waals surface area contributed by atoms with Crippen molar-refractivity contribution in [1.29, 1.82) is 0 Å². The Balaban J connectivity index is 2.18. The molecule has 0 spiro atoms. The Bertz CT molecular complexity index is 538. The van der Waals surface area contributed by atoms with Crippen LogP contribution in [0.1, 0.15) is 42.3 Å². The maximum absolute atomic E-state index is 5.85. The van der Waals surface area contributed by atoms with Gasteiger partial charge in [0.2, 0.25) is 0 Å². The third kappa shape index (κ3) is 3.35. The summed E-state index contributed by atoms with van der Waals surface area (Å²) >= 11 is 1.70. The average Bonchev–Trinajstić information content (AvgIpc) is 2.92. The first-order valence-electron chi connectivity index (χ1n) is 6.95. The second-order valence-electron chi connectivity index (χ2n) is 5.03. The quantitative estimate of drug-likeness (QED) is 0.888. The lowest BCUT2D eigenvalue weighted by Gasteiger charge is -2.15. The molecule has 0 fully saturated rings. The lowest BCUT2D eigenvalue weighted by Crippen LogP contribution is -2.16. The van der Waals surface area contributed by atoms with Crippen LogP contribution in [0.15, 0.2) is 24.5 Å². The molecular formula is C15H22N4S. The summed E-state index contributed by atoms with van der Waals surface area (Å²) in [6, 6.07) is 4.06. The fourth-order valence-electron chi connectivity index (χ4n) is 2.07. The zero-order valence-electron chi connectivity index (χ0n) is 12.3. The van der Waals surface area contributed by atoms with Gasteiger partial charge in [-0.15, -0.1) is 11.3 Å². The van der Waals surface area contributed by atoms with Gasteiger partial charge in [0.15, 0.2) is 5.13 Å². The number of anilines is 1. The molecule has 0 radical (unpaired) electrons. The first-order valence-corrected chi connectivity index (χ1v) is 7.77. The Morgan fingerprint density at radius 2 is 2.05 bits per heavy atom. The lowest BCUT2D eigenvalue weighted by atomic mass is 10.0. The van der Waals surface area contributed by atoms with Gasteiger partial charge in [-0.3, -0.25) is 4.98 Å². The predicted octanol–water partition coefficient (Wildman–Crippen LogP) is 3.15. The van der Waals surface area contributed by atoms with E-state index in [2.05, 4.69) is 30.8 Å². The summed E-state index contributed by atoms with van der Waals surface area (Å²) in [6.07, 6.45) is 4.73. The number of pyridine rings is 1. The molecule has 2 N–H and O–H groups in total. The SMILES string of the molecule is CCC(C)c1nc(N(C)Cc2ccncc2)sc1CN. The van der Waals surface area contributed by atoms with Crippen LogP contribution in [0.3, 0.4) is 0 Å². The molecule has 2 heterocycles. The van der Waals surface area contributed by atoms with Gasteiger partial charge in [-0.1, -0.05) is 13.8 Å². The van der Waals surface area contributed by atoms with Crippen LogP contribution in [0, 0.1) is 0 Å². The van der Waals surface area contributed by atoms with Gasteiger partial charge >= 0.3 is 0 Å². The first-order chi connectivity index (χ1) is 9.65. The summed E-state index contributed by atoms with van der Waals surface area (Å²) in [6.45, 7) is 5.80. The van der Waals surface area contributed by atoms with Gasteiger partial charge < -0.3 is 10.6 Å². The number of hydrogen-bond acceptors (Lipinski definition) is 5. The van der Waals surface area contributed by atoms with Gasteiger partial charge in [0.05, 0.1) is 5.69 Å². The molecule has 4 nitrogen and oxygen atoms in total. The van der Waals surface area contributed by atoms with E-state index in [4.69, 9.17) is 10.7 Å². The maximum atomic E-state index is 5.85. The van der Waals surface area contributed by atoms with Gasteiger partial charge in [0.25, 0.3) is 0 Å². The normalized spacial score (nSPS) is 12.4. The van der Waals surface area contributed by atoms with E-state index in [-0.39, 0.29) is 0 Å². The van der Waals surface area contributed by atoms with Crippen molar-refractivity contribution >= 4 is 16.5 Å². The molecule has 1 atom stereocenters. The summed E-state index contributed by atoms with van der Waals surface area (Å²) in [5.41, 5.74) is 8.25. The third-order valence-electron chi connectivity index (χ3n) is 3.48. The van der Waals surface area contributed by atoms with Crippen molar-refractivity contribution in [3.63, 3.8) is 0 Å². The Hall–Kier alpha value is -1.46. The predicted molar refractivity (Wildman–Crippen MR) is 85.1 cm³/mol. The highest BCUT2D eigenvalue weighted by molar-refractivity contribution is 7.15. The number of nitrogens with zero attached hydrogens (tertiary/aromatic N) is 3. The average molecular weight is 290 g/mol. The van der Waals surface area contributed by atoms with E-state index >= 15 is 0 Å². The minimum Gasteiger partial charge on any atom is -0.347 e. The third-order valence-corrected chi connectivity index (χ3v) is 4.68. The Kier molecular flexibility index (Phi) is 5.09. The summed E-state index contributed by atoms with van der Waals surface area (Å²) < 4.78 is 0. The zero-order valence-corrected chi connectivity index (χ0v) is 13.2. The topological polar surface area (TPSA) is 55.0 Å². The molecular weight excluding hydrogens is 268 g/mol. The van der Waals surface area contributed by atoms with E-state index in [1.54, 1.807) is 11.3 Å². The van der Waals surface area contributed by atoms with Gasteiger partial charge in [-0.2, -0.15) is 0 Å². The Labute approximate surface area is 124 Å². The summed E-state index contributed by atoms with van der Waals surface area (Å²) in [5, 5.41) is 1.04. The number of rotatable bonds is 6. The number of nitrogens with two attached hydrogens (primary N) is 1. The molecule has 0 saturated carbocycles. The molecule has 0 aliphatic carbocycles. The van der Waals surface area contributed by atoms with Crippen LogP contribution >= 0.6 is 11.3 Å². The molecule has 0 aromatic carbocycles. The van der Waals surface area contributed by atoms with E-state index < -0.39 is 0 Å². The van der Waals surface area contributed by atoms with Crippen LogP contribution < -0.4 is 10.6 Å². The van der Waals surface area contributed by atoms with E-state index in [0.29, 0.717) is 12.5 Å². The van der Waals surface area contributed by atoms with Crippen LogP contribution in [0.5, 0.6) is 0 Å².